The molecule has 1 unspecified atom stereocenters. The molecule has 0 spiro atoms. The number of nitrogens with two attached hydrogens (primary N) is 1. The van der Waals surface area contributed by atoms with E-state index in [1.165, 1.54) is 12.1 Å². The van der Waals surface area contributed by atoms with E-state index in [4.69, 9.17) is 10.8 Å². The Morgan fingerprint density at radius 3 is 2.79 bits per heavy atom. The van der Waals surface area contributed by atoms with Gasteiger partial charge in [0.15, 0.2) is 0 Å². The van der Waals surface area contributed by atoms with Crippen molar-refractivity contribution < 1.29 is 14.7 Å². The molecule has 19 heavy (non-hydrogen) atoms. The van der Waals surface area contributed by atoms with E-state index >= 15 is 0 Å². The first kappa shape index (κ1) is 13.8. The van der Waals surface area contributed by atoms with Crippen LogP contribution in [0.3, 0.4) is 0 Å². The third-order valence-corrected chi connectivity index (χ3v) is 3.66. The maximum Gasteiger partial charge on any atom is 0.335 e. The number of carbonyl (C=O) groups excluding carboxylic acids is 1. The first-order valence-corrected chi connectivity index (χ1v) is 6.61. The summed E-state index contributed by atoms with van der Waals surface area (Å²) in [7, 11) is 0. The zero-order valence-corrected chi connectivity index (χ0v) is 11.7. The average molecular weight is 328 g/mol. The molecule has 1 heterocycles. The minimum atomic E-state index is -1.04. The lowest BCUT2D eigenvalue weighted by molar-refractivity contribution is 0.0697. The zero-order chi connectivity index (χ0) is 14.0. The number of carboxylic acid groups (broad SMARTS) is 1. The Balaban J connectivity index is 2.12. The molecule has 7 heteroatoms. The first-order chi connectivity index (χ1) is 8.97. The highest BCUT2D eigenvalue weighted by atomic mass is 79.9. The number of hydrogen-bond donors (Lipinski definition) is 3. The summed E-state index contributed by atoms with van der Waals surface area (Å²) in [6.45, 7) is 1.13. The number of nitrogens with one attached hydrogen (secondary N) is 1. The number of aromatic carboxylic acids is 1. The minimum Gasteiger partial charge on any atom is -0.478 e. The number of benzene rings is 1. The Bertz CT molecular complexity index is 521. The number of hydrogen-bond acceptors (Lipinski definition) is 3. The highest BCUT2D eigenvalue weighted by Crippen LogP contribution is 2.24. The number of nitrogens with zero attached hydrogens (tertiary/aromatic N) is 1. The van der Waals surface area contributed by atoms with Gasteiger partial charge in [-0.05, 0) is 40.5 Å². The predicted octanol–water partition coefficient (Wildman–Crippen LogP) is 1.71. The normalized spacial score (nSPS) is 18.4. The number of carbonyl (C=O) groups is 2. The number of halogens is 1. The Morgan fingerprint density at radius 2 is 2.21 bits per heavy atom. The van der Waals surface area contributed by atoms with Crippen LogP contribution in [0.25, 0.3) is 0 Å². The molecular weight excluding hydrogens is 314 g/mol. The second-order valence-electron chi connectivity index (χ2n) is 4.42. The van der Waals surface area contributed by atoms with Crippen LogP contribution in [0.1, 0.15) is 16.8 Å². The molecule has 0 saturated carbocycles. The molecule has 4 N–H and O–H groups in total. The zero-order valence-electron chi connectivity index (χ0n) is 10.1. The Hall–Kier alpha value is -1.60. The van der Waals surface area contributed by atoms with Gasteiger partial charge in [-0.2, -0.15) is 0 Å². The maximum absolute atomic E-state index is 12.0. The van der Waals surface area contributed by atoms with Crippen LogP contribution in [-0.2, 0) is 0 Å². The number of anilines is 1. The van der Waals surface area contributed by atoms with Crippen LogP contribution < -0.4 is 11.1 Å². The van der Waals surface area contributed by atoms with Crippen molar-refractivity contribution in [1.29, 1.82) is 0 Å². The lowest BCUT2D eigenvalue weighted by atomic mass is 10.2. The number of urea groups is 1. The van der Waals surface area contributed by atoms with Crippen molar-refractivity contribution in [2.75, 3.05) is 18.4 Å². The first-order valence-electron chi connectivity index (χ1n) is 5.81. The molecule has 102 valence electrons. The summed E-state index contributed by atoms with van der Waals surface area (Å²) in [5.41, 5.74) is 6.30. The van der Waals surface area contributed by atoms with Gasteiger partial charge in [0.1, 0.15) is 0 Å². The van der Waals surface area contributed by atoms with E-state index in [-0.39, 0.29) is 17.6 Å². The third-order valence-electron chi connectivity index (χ3n) is 2.97. The van der Waals surface area contributed by atoms with E-state index in [1.807, 2.05) is 0 Å². The molecule has 2 amide bonds. The van der Waals surface area contributed by atoms with Crippen LogP contribution in [0.15, 0.2) is 22.7 Å². The molecule has 0 radical (unpaired) electrons. The molecule has 1 aromatic carbocycles. The highest BCUT2D eigenvalue weighted by molar-refractivity contribution is 9.10. The second kappa shape index (κ2) is 5.58. The van der Waals surface area contributed by atoms with Crippen LogP contribution in [0.4, 0.5) is 10.5 Å². The maximum atomic E-state index is 12.0. The summed E-state index contributed by atoms with van der Waals surface area (Å²) in [5, 5.41) is 11.6. The monoisotopic (exact) mass is 327 g/mol. The molecule has 0 bridgehead atoms. The fourth-order valence-corrected chi connectivity index (χ4v) is 2.27. The predicted molar refractivity (Wildman–Crippen MR) is 74.3 cm³/mol. The van der Waals surface area contributed by atoms with Gasteiger partial charge in [0, 0.05) is 23.6 Å². The minimum absolute atomic E-state index is 0.0135. The SMILES string of the molecule is NC1CCN(C(=O)Nc2cc(C(=O)O)ccc2Br)C1. The van der Waals surface area contributed by atoms with Crippen LogP contribution in [0, 0.1) is 0 Å². The van der Waals surface area contributed by atoms with Gasteiger partial charge < -0.3 is 21.1 Å². The molecule has 1 saturated heterocycles. The number of amides is 2. The van der Waals surface area contributed by atoms with Crippen molar-refractivity contribution in [3.63, 3.8) is 0 Å². The lowest BCUT2D eigenvalue weighted by Gasteiger charge is -2.17. The molecule has 1 aliphatic heterocycles. The van der Waals surface area contributed by atoms with Gasteiger partial charge in [-0.3, -0.25) is 0 Å². The van der Waals surface area contributed by atoms with Gasteiger partial charge in [0.2, 0.25) is 0 Å². The number of rotatable bonds is 2. The van der Waals surface area contributed by atoms with E-state index in [1.54, 1.807) is 11.0 Å². The second-order valence-corrected chi connectivity index (χ2v) is 5.28. The molecule has 6 nitrogen and oxygen atoms in total. The van der Waals surface area contributed by atoms with E-state index in [9.17, 15) is 9.59 Å². The van der Waals surface area contributed by atoms with E-state index in [0.717, 1.165) is 6.42 Å². The lowest BCUT2D eigenvalue weighted by Crippen LogP contribution is -2.35. The van der Waals surface area contributed by atoms with E-state index in [2.05, 4.69) is 21.2 Å². The standard InChI is InChI=1S/C12H14BrN3O3/c13-9-2-1-7(11(17)18)5-10(9)15-12(19)16-4-3-8(14)6-16/h1-2,5,8H,3-4,6,14H2,(H,15,19)(H,17,18). The smallest absolute Gasteiger partial charge is 0.335 e. The van der Waals surface area contributed by atoms with Gasteiger partial charge in [0.05, 0.1) is 11.3 Å². The van der Waals surface area contributed by atoms with Gasteiger partial charge in [-0.15, -0.1) is 0 Å². The van der Waals surface area contributed by atoms with Gasteiger partial charge in [0.25, 0.3) is 0 Å². The van der Waals surface area contributed by atoms with E-state index < -0.39 is 5.97 Å². The third kappa shape index (κ3) is 3.24. The summed E-state index contributed by atoms with van der Waals surface area (Å²) >= 11 is 3.28. The molecule has 2 rings (SSSR count). The van der Waals surface area contributed by atoms with Crippen molar-refractivity contribution in [2.45, 2.75) is 12.5 Å². The van der Waals surface area contributed by atoms with Crippen molar-refractivity contribution in [3.8, 4) is 0 Å². The topological polar surface area (TPSA) is 95.7 Å². The summed E-state index contributed by atoms with van der Waals surface area (Å²) in [4.78, 5) is 24.5. The van der Waals surface area contributed by atoms with Crippen molar-refractivity contribution in [1.82, 2.24) is 4.90 Å². The van der Waals surface area contributed by atoms with E-state index in [0.29, 0.717) is 23.2 Å². The largest absolute Gasteiger partial charge is 0.478 e. The number of likely N-dealkylation sites (tertiary alicyclic amines) is 1. The van der Waals surface area contributed by atoms with Crippen molar-refractivity contribution in [3.05, 3.63) is 28.2 Å². The quantitative estimate of drug-likeness (QED) is 0.770. The number of carboxylic acids is 1. The molecule has 0 aliphatic carbocycles. The Kier molecular flexibility index (Phi) is 4.06. The highest BCUT2D eigenvalue weighted by Gasteiger charge is 2.24. The summed E-state index contributed by atoms with van der Waals surface area (Å²) in [5.74, 6) is -1.04. The van der Waals surface area contributed by atoms with Gasteiger partial charge >= 0.3 is 12.0 Å². The van der Waals surface area contributed by atoms with Crippen LogP contribution in [0.2, 0.25) is 0 Å². The fraction of sp³-hybridized carbons (Fsp3) is 0.333. The molecule has 1 aliphatic rings. The Morgan fingerprint density at radius 1 is 1.47 bits per heavy atom. The van der Waals surface area contributed by atoms with Gasteiger partial charge in [-0.1, -0.05) is 0 Å². The molecule has 0 aromatic heterocycles. The summed E-state index contributed by atoms with van der Waals surface area (Å²) in [6.07, 6.45) is 0.782. The Labute approximate surface area is 118 Å². The van der Waals surface area contributed by atoms with Gasteiger partial charge in [-0.25, -0.2) is 9.59 Å². The van der Waals surface area contributed by atoms with Crippen molar-refractivity contribution in [2.24, 2.45) is 5.73 Å². The molecular formula is C12H14BrN3O3. The van der Waals surface area contributed by atoms with Crippen LogP contribution in [0.5, 0.6) is 0 Å². The van der Waals surface area contributed by atoms with Crippen LogP contribution >= 0.6 is 15.9 Å². The summed E-state index contributed by atoms with van der Waals surface area (Å²) < 4.78 is 0.634. The van der Waals surface area contributed by atoms with Crippen molar-refractivity contribution >= 4 is 33.6 Å². The fourth-order valence-electron chi connectivity index (χ4n) is 1.92. The molecule has 1 fully saturated rings. The van der Waals surface area contributed by atoms with Crippen LogP contribution in [-0.4, -0.2) is 41.1 Å². The average Bonchev–Trinajstić information content (AvgIpc) is 2.78. The molecule has 1 atom stereocenters. The molecule has 1 aromatic rings. The summed E-state index contributed by atoms with van der Waals surface area (Å²) in [6, 6.07) is 4.22.